The summed E-state index contributed by atoms with van der Waals surface area (Å²) in [6, 6.07) is 4.09. The summed E-state index contributed by atoms with van der Waals surface area (Å²) in [5, 5.41) is 31.8. The van der Waals surface area contributed by atoms with E-state index in [0.29, 0.717) is 12.1 Å². The Balaban J connectivity index is 2.80. The summed E-state index contributed by atoms with van der Waals surface area (Å²) in [7, 11) is 0. The quantitative estimate of drug-likeness (QED) is 0.454. The molecule has 1 rings (SSSR count). The van der Waals surface area contributed by atoms with Crippen molar-refractivity contribution in [2.24, 2.45) is 0 Å². The Morgan fingerprint density at radius 3 is 2.25 bits per heavy atom. The monoisotopic (exact) mass is 225 g/mol. The van der Waals surface area contributed by atoms with Crippen molar-refractivity contribution in [3.63, 3.8) is 0 Å². The predicted molar refractivity (Wildman–Crippen MR) is 62.3 cm³/mol. The average Bonchev–Trinajstić information content (AvgIpc) is 2.16. The van der Waals surface area contributed by atoms with Crippen LogP contribution in [0.2, 0.25) is 0 Å². The number of hydrogen-bond acceptors (Lipinski definition) is 4. The van der Waals surface area contributed by atoms with Gasteiger partial charge in [-0.1, -0.05) is 13.3 Å². The van der Waals surface area contributed by atoms with Crippen LogP contribution in [0.15, 0.2) is 18.2 Å². The van der Waals surface area contributed by atoms with Gasteiger partial charge in [0.25, 0.3) is 0 Å². The van der Waals surface area contributed by atoms with E-state index in [9.17, 15) is 15.3 Å². The molecule has 1 unspecified atom stereocenters. The first-order chi connectivity index (χ1) is 7.45. The SMILES string of the molecule is CCCCNC(C)(O)c1cc(O)cc(O)c1. The molecule has 4 N–H and O–H groups in total. The summed E-state index contributed by atoms with van der Waals surface area (Å²) < 4.78 is 0. The van der Waals surface area contributed by atoms with Gasteiger partial charge in [-0.25, -0.2) is 0 Å². The predicted octanol–water partition coefficient (Wildman–Crippen LogP) is 1.65. The Morgan fingerprint density at radius 2 is 1.75 bits per heavy atom. The summed E-state index contributed by atoms with van der Waals surface area (Å²) in [5.41, 5.74) is -0.799. The molecule has 1 atom stereocenters. The topological polar surface area (TPSA) is 72.7 Å². The van der Waals surface area contributed by atoms with E-state index >= 15 is 0 Å². The molecule has 4 nitrogen and oxygen atoms in total. The van der Waals surface area contributed by atoms with Crippen molar-refractivity contribution in [1.29, 1.82) is 0 Å². The molecule has 0 amide bonds. The van der Waals surface area contributed by atoms with Crippen LogP contribution < -0.4 is 5.32 Å². The number of rotatable bonds is 5. The highest BCUT2D eigenvalue weighted by Crippen LogP contribution is 2.26. The van der Waals surface area contributed by atoms with E-state index < -0.39 is 5.72 Å². The van der Waals surface area contributed by atoms with Crippen LogP contribution >= 0.6 is 0 Å². The van der Waals surface area contributed by atoms with Gasteiger partial charge in [-0.15, -0.1) is 0 Å². The van der Waals surface area contributed by atoms with Gasteiger partial charge in [0.15, 0.2) is 0 Å². The minimum Gasteiger partial charge on any atom is -0.508 e. The fourth-order valence-electron chi connectivity index (χ4n) is 1.49. The second-order valence-corrected chi connectivity index (χ2v) is 4.09. The molecule has 0 aliphatic rings. The summed E-state index contributed by atoms with van der Waals surface area (Å²) in [5.74, 6) is -0.125. The molecule has 0 aromatic heterocycles. The van der Waals surface area contributed by atoms with Gasteiger partial charge in [0.1, 0.15) is 17.2 Å². The molecule has 16 heavy (non-hydrogen) atoms. The van der Waals surface area contributed by atoms with E-state index in [1.807, 2.05) is 0 Å². The summed E-state index contributed by atoms with van der Waals surface area (Å²) in [6.07, 6.45) is 2.00. The Kier molecular flexibility index (Phi) is 4.15. The molecule has 90 valence electrons. The van der Waals surface area contributed by atoms with E-state index in [1.54, 1.807) is 6.92 Å². The molecule has 0 aliphatic carbocycles. The largest absolute Gasteiger partial charge is 0.508 e. The van der Waals surface area contributed by atoms with E-state index in [4.69, 9.17) is 0 Å². The zero-order valence-corrected chi connectivity index (χ0v) is 9.70. The third-order valence-electron chi connectivity index (χ3n) is 2.46. The fourth-order valence-corrected chi connectivity index (χ4v) is 1.49. The standard InChI is InChI=1S/C12H19NO3/c1-3-4-5-13-12(2,16)9-6-10(14)8-11(15)7-9/h6-8,13-16H,3-5H2,1-2H3. The minimum atomic E-state index is -1.24. The van der Waals surface area contributed by atoms with E-state index in [2.05, 4.69) is 12.2 Å². The molecule has 0 radical (unpaired) electrons. The molecule has 0 saturated heterocycles. The van der Waals surface area contributed by atoms with Crippen LogP contribution in [0.3, 0.4) is 0 Å². The Hall–Kier alpha value is -1.26. The number of unbranched alkanes of at least 4 members (excludes halogenated alkanes) is 1. The molecule has 0 saturated carbocycles. The van der Waals surface area contributed by atoms with E-state index in [0.717, 1.165) is 12.8 Å². The lowest BCUT2D eigenvalue weighted by molar-refractivity contribution is 0.0195. The van der Waals surface area contributed by atoms with Crippen molar-refractivity contribution in [3.8, 4) is 11.5 Å². The molecular formula is C12H19NO3. The molecule has 4 heteroatoms. The third kappa shape index (κ3) is 3.40. The Morgan fingerprint density at radius 1 is 1.19 bits per heavy atom. The van der Waals surface area contributed by atoms with Crippen LogP contribution in [-0.2, 0) is 5.72 Å². The van der Waals surface area contributed by atoms with Crippen LogP contribution in [0.25, 0.3) is 0 Å². The number of phenolic OH excluding ortho intramolecular Hbond substituents is 2. The van der Waals surface area contributed by atoms with Gasteiger partial charge in [-0.2, -0.15) is 0 Å². The lowest BCUT2D eigenvalue weighted by Gasteiger charge is -2.25. The highest BCUT2D eigenvalue weighted by Gasteiger charge is 2.22. The average molecular weight is 225 g/mol. The summed E-state index contributed by atoms with van der Waals surface area (Å²) >= 11 is 0. The second kappa shape index (κ2) is 5.18. The summed E-state index contributed by atoms with van der Waals surface area (Å²) in [6.45, 7) is 4.34. The smallest absolute Gasteiger partial charge is 0.139 e. The van der Waals surface area contributed by atoms with Crippen molar-refractivity contribution >= 4 is 0 Å². The van der Waals surface area contributed by atoms with Crippen molar-refractivity contribution in [2.45, 2.75) is 32.4 Å². The van der Waals surface area contributed by atoms with Crippen molar-refractivity contribution in [1.82, 2.24) is 5.32 Å². The van der Waals surface area contributed by atoms with Gasteiger partial charge < -0.3 is 15.3 Å². The molecule has 0 spiro atoms. The van der Waals surface area contributed by atoms with Crippen molar-refractivity contribution in [2.75, 3.05) is 6.54 Å². The highest BCUT2D eigenvalue weighted by molar-refractivity contribution is 5.38. The highest BCUT2D eigenvalue weighted by atomic mass is 16.3. The summed E-state index contributed by atoms with van der Waals surface area (Å²) in [4.78, 5) is 0. The lowest BCUT2D eigenvalue weighted by Crippen LogP contribution is -2.39. The number of hydrogen-bond donors (Lipinski definition) is 4. The molecule has 1 aromatic carbocycles. The maximum absolute atomic E-state index is 10.1. The molecule has 0 aliphatic heterocycles. The molecular weight excluding hydrogens is 206 g/mol. The first-order valence-corrected chi connectivity index (χ1v) is 5.46. The fraction of sp³-hybridized carbons (Fsp3) is 0.500. The number of phenols is 2. The second-order valence-electron chi connectivity index (χ2n) is 4.09. The van der Waals surface area contributed by atoms with E-state index in [1.165, 1.54) is 18.2 Å². The Labute approximate surface area is 95.6 Å². The molecule has 0 bridgehead atoms. The van der Waals surface area contributed by atoms with Gasteiger partial charge in [-0.05, 0) is 32.0 Å². The molecule has 0 heterocycles. The van der Waals surface area contributed by atoms with Gasteiger partial charge in [-0.3, -0.25) is 5.32 Å². The van der Waals surface area contributed by atoms with Crippen LogP contribution in [0.5, 0.6) is 11.5 Å². The zero-order chi connectivity index (χ0) is 12.2. The normalized spacial score (nSPS) is 14.7. The van der Waals surface area contributed by atoms with Crippen molar-refractivity contribution in [3.05, 3.63) is 23.8 Å². The van der Waals surface area contributed by atoms with Crippen LogP contribution in [-0.4, -0.2) is 21.9 Å². The van der Waals surface area contributed by atoms with Crippen LogP contribution in [0.1, 0.15) is 32.3 Å². The number of benzene rings is 1. The van der Waals surface area contributed by atoms with Gasteiger partial charge in [0.2, 0.25) is 0 Å². The van der Waals surface area contributed by atoms with Crippen molar-refractivity contribution < 1.29 is 15.3 Å². The number of aromatic hydroxyl groups is 2. The van der Waals surface area contributed by atoms with Crippen LogP contribution in [0, 0.1) is 0 Å². The maximum Gasteiger partial charge on any atom is 0.139 e. The zero-order valence-electron chi connectivity index (χ0n) is 9.70. The maximum atomic E-state index is 10.1. The first kappa shape index (κ1) is 12.8. The number of nitrogens with one attached hydrogen (secondary N) is 1. The Bertz CT molecular complexity index is 330. The van der Waals surface area contributed by atoms with Gasteiger partial charge in [0, 0.05) is 11.6 Å². The minimum absolute atomic E-state index is 0.0624. The third-order valence-corrected chi connectivity index (χ3v) is 2.46. The molecule has 0 fully saturated rings. The van der Waals surface area contributed by atoms with Gasteiger partial charge in [0.05, 0.1) is 0 Å². The van der Waals surface area contributed by atoms with Crippen LogP contribution in [0.4, 0.5) is 0 Å². The molecule has 1 aromatic rings. The number of aliphatic hydroxyl groups is 1. The van der Waals surface area contributed by atoms with Gasteiger partial charge >= 0.3 is 0 Å². The first-order valence-electron chi connectivity index (χ1n) is 5.46. The van der Waals surface area contributed by atoms with E-state index in [-0.39, 0.29) is 11.5 Å². The lowest BCUT2D eigenvalue weighted by atomic mass is 10.0.